The largest absolute Gasteiger partial charge is 0.389 e. The maximum absolute atomic E-state index is 12.1. The molecule has 1 atom stereocenters. The third kappa shape index (κ3) is 4.49. The van der Waals surface area contributed by atoms with Crippen LogP contribution in [-0.2, 0) is 4.74 Å². The molecule has 5 nitrogen and oxygen atoms in total. The number of benzene rings is 1. The fourth-order valence-corrected chi connectivity index (χ4v) is 2.42. The molecule has 1 heterocycles. The molecule has 1 fully saturated rings. The van der Waals surface area contributed by atoms with Gasteiger partial charge >= 0.3 is 0 Å². The van der Waals surface area contributed by atoms with Gasteiger partial charge in [0, 0.05) is 30.8 Å². The van der Waals surface area contributed by atoms with Crippen LogP contribution in [0.25, 0.3) is 0 Å². The minimum atomic E-state index is -0.110. The maximum atomic E-state index is 12.1. The lowest BCUT2D eigenvalue weighted by atomic mass is 10.1. The SMILES string of the molecule is CCN1CCOC(CNC(=O)c2ccc(C(N)=S)cc2)C1. The molecule has 6 heteroatoms. The summed E-state index contributed by atoms with van der Waals surface area (Å²) >= 11 is 4.89. The lowest BCUT2D eigenvalue weighted by Gasteiger charge is -2.32. The lowest BCUT2D eigenvalue weighted by Crippen LogP contribution is -2.47. The highest BCUT2D eigenvalue weighted by Crippen LogP contribution is 2.06. The van der Waals surface area contributed by atoms with Crippen molar-refractivity contribution in [2.75, 3.05) is 32.8 Å². The molecule has 0 bridgehead atoms. The van der Waals surface area contributed by atoms with Gasteiger partial charge in [-0.25, -0.2) is 0 Å². The van der Waals surface area contributed by atoms with Gasteiger partial charge in [-0.05, 0) is 18.7 Å². The molecule has 1 saturated heterocycles. The zero-order valence-electron chi connectivity index (χ0n) is 12.2. The predicted octanol–water partition coefficient (Wildman–Crippen LogP) is 0.771. The molecule has 0 aromatic heterocycles. The van der Waals surface area contributed by atoms with Crippen LogP contribution in [0, 0.1) is 0 Å². The van der Waals surface area contributed by atoms with Crippen LogP contribution in [-0.4, -0.2) is 54.7 Å². The van der Waals surface area contributed by atoms with Gasteiger partial charge in [-0.2, -0.15) is 0 Å². The van der Waals surface area contributed by atoms with Crippen LogP contribution < -0.4 is 11.1 Å². The second-order valence-corrected chi connectivity index (χ2v) is 5.48. The first kappa shape index (κ1) is 15.9. The molecule has 0 saturated carbocycles. The summed E-state index contributed by atoms with van der Waals surface area (Å²) in [5.41, 5.74) is 6.89. The van der Waals surface area contributed by atoms with Crippen LogP contribution in [0.15, 0.2) is 24.3 Å². The van der Waals surface area contributed by atoms with E-state index >= 15 is 0 Å². The minimum absolute atomic E-state index is 0.0542. The highest BCUT2D eigenvalue weighted by Gasteiger charge is 2.19. The maximum Gasteiger partial charge on any atom is 0.251 e. The fraction of sp³-hybridized carbons (Fsp3) is 0.467. The number of carbonyl (C=O) groups is 1. The molecule has 21 heavy (non-hydrogen) atoms. The molecule has 0 spiro atoms. The third-order valence-electron chi connectivity index (χ3n) is 3.59. The van der Waals surface area contributed by atoms with E-state index in [1.807, 2.05) is 0 Å². The molecular weight excluding hydrogens is 286 g/mol. The van der Waals surface area contributed by atoms with Crippen LogP contribution in [0.3, 0.4) is 0 Å². The van der Waals surface area contributed by atoms with E-state index in [4.69, 9.17) is 22.7 Å². The molecule has 0 aliphatic carbocycles. The highest BCUT2D eigenvalue weighted by molar-refractivity contribution is 7.80. The Morgan fingerprint density at radius 2 is 2.10 bits per heavy atom. The number of ether oxygens (including phenoxy) is 1. The van der Waals surface area contributed by atoms with Crippen LogP contribution in [0.1, 0.15) is 22.8 Å². The summed E-state index contributed by atoms with van der Waals surface area (Å²) in [6.45, 7) is 6.20. The number of likely N-dealkylation sites (N-methyl/N-ethyl adjacent to an activating group) is 1. The van der Waals surface area contributed by atoms with Gasteiger partial charge in [-0.15, -0.1) is 0 Å². The molecule has 1 unspecified atom stereocenters. The van der Waals surface area contributed by atoms with Gasteiger partial charge in [0.2, 0.25) is 0 Å². The number of carbonyl (C=O) groups excluding carboxylic acids is 1. The van der Waals surface area contributed by atoms with Gasteiger partial charge in [-0.1, -0.05) is 31.3 Å². The quantitative estimate of drug-likeness (QED) is 0.787. The fourth-order valence-electron chi connectivity index (χ4n) is 2.29. The number of morpholine rings is 1. The Labute approximate surface area is 130 Å². The van der Waals surface area contributed by atoms with E-state index in [1.165, 1.54) is 0 Å². The van der Waals surface area contributed by atoms with Gasteiger partial charge in [0.05, 0.1) is 12.7 Å². The number of nitrogens with zero attached hydrogens (tertiary/aromatic N) is 1. The second-order valence-electron chi connectivity index (χ2n) is 5.04. The molecule has 1 aliphatic heterocycles. The van der Waals surface area contributed by atoms with Gasteiger partial charge in [0.1, 0.15) is 4.99 Å². The van der Waals surface area contributed by atoms with Crippen molar-refractivity contribution in [3.63, 3.8) is 0 Å². The number of rotatable bonds is 5. The van der Waals surface area contributed by atoms with Crippen LogP contribution >= 0.6 is 12.2 Å². The molecule has 3 N–H and O–H groups in total. The van der Waals surface area contributed by atoms with Crippen molar-refractivity contribution in [3.05, 3.63) is 35.4 Å². The zero-order valence-corrected chi connectivity index (χ0v) is 13.0. The molecule has 1 amide bonds. The average molecular weight is 307 g/mol. The summed E-state index contributed by atoms with van der Waals surface area (Å²) in [6, 6.07) is 6.97. The lowest BCUT2D eigenvalue weighted by molar-refractivity contribution is -0.0246. The monoisotopic (exact) mass is 307 g/mol. The average Bonchev–Trinajstić information content (AvgIpc) is 2.53. The smallest absolute Gasteiger partial charge is 0.251 e. The summed E-state index contributed by atoms with van der Waals surface area (Å²) in [7, 11) is 0. The summed E-state index contributed by atoms with van der Waals surface area (Å²) < 4.78 is 5.66. The van der Waals surface area contributed by atoms with Gasteiger partial charge < -0.3 is 15.8 Å². The summed E-state index contributed by atoms with van der Waals surface area (Å²) in [5, 5.41) is 2.91. The van der Waals surface area contributed by atoms with E-state index in [0.717, 1.165) is 31.8 Å². The first-order valence-corrected chi connectivity index (χ1v) is 7.53. The number of nitrogens with two attached hydrogens (primary N) is 1. The molecule has 2 rings (SSSR count). The number of hydrogen-bond acceptors (Lipinski definition) is 4. The minimum Gasteiger partial charge on any atom is -0.389 e. The third-order valence-corrected chi connectivity index (χ3v) is 3.83. The van der Waals surface area contributed by atoms with E-state index in [1.54, 1.807) is 24.3 Å². The molecule has 0 radical (unpaired) electrons. The topological polar surface area (TPSA) is 67.6 Å². The molecular formula is C15H21N3O2S. The summed E-state index contributed by atoms with van der Waals surface area (Å²) in [4.78, 5) is 14.7. The summed E-state index contributed by atoms with van der Waals surface area (Å²) in [5.74, 6) is -0.110. The van der Waals surface area contributed by atoms with Crippen molar-refractivity contribution in [1.29, 1.82) is 0 Å². The normalized spacial score (nSPS) is 19.2. The van der Waals surface area contributed by atoms with E-state index in [-0.39, 0.29) is 12.0 Å². The second kappa shape index (κ2) is 7.49. The Kier molecular flexibility index (Phi) is 5.67. The van der Waals surface area contributed by atoms with Gasteiger partial charge in [-0.3, -0.25) is 9.69 Å². The van der Waals surface area contributed by atoms with Crippen molar-refractivity contribution in [2.24, 2.45) is 5.73 Å². The van der Waals surface area contributed by atoms with Crippen molar-refractivity contribution >= 4 is 23.1 Å². The highest BCUT2D eigenvalue weighted by atomic mass is 32.1. The Morgan fingerprint density at radius 1 is 1.43 bits per heavy atom. The Balaban J connectivity index is 1.85. The number of amides is 1. The van der Waals surface area contributed by atoms with E-state index < -0.39 is 0 Å². The predicted molar refractivity (Wildman–Crippen MR) is 86.5 cm³/mol. The number of nitrogens with one attached hydrogen (secondary N) is 1. The first-order valence-electron chi connectivity index (χ1n) is 7.12. The van der Waals surface area contributed by atoms with Crippen molar-refractivity contribution in [2.45, 2.75) is 13.0 Å². The zero-order chi connectivity index (χ0) is 15.2. The van der Waals surface area contributed by atoms with Crippen LogP contribution in [0.2, 0.25) is 0 Å². The van der Waals surface area contributed by atoms with Crippen molar-refractivity contribution in [1.82, 2.24) is 10.2 Å². The van der Waals surface area contributed by atoms with Gasteiger partial charge in [0.25, 0.3) is 5.91 Å². The standard InChI is InChI=1S/C15H21N3O2S/c1-2-18-7-8-20-13(10-18)9-17-15(19)12-5-3-11(4-6-12)14(16)21/h3-6,13H,2,7-10H2,1H3,(H2,16,21)(H,17,19). The van der Waals surface area contributed by atoms with Crippen LogP contribution in [0.4, 0.5) is 0 Å². The molecule has 1 aliphatic rings. The van der Waals surface area contributed by atoms with Crippen LogP contribution in [0.5, 0.6) is 0 Å². The molecule has 114 valence electrons. The van der Waals surface area contributed by atoms with E-state index in [0.29, 0.717) is 17.1 Å². The van der Waals surface area contributed by atoms with Crippen molar-refractivity contribution < 1.29 is 9.53 Å². The molecule has 1 aromatic rings. The van der Waals surface area contributed by atoms with Crippen molar-refractivity contribution in [3.8, 4) is 0 Å². The first-order chi connectivity index (χ1) is 10.1. The van der Waals surface area contributed by atoms with Gasteiger partial charge in [0.15, 0.2) is 0 Å². The molecule has 1 aromatic carbocycles. The summed E-state index contributed by atoms with van der Waals surface area (Å²) in [6.07, 6.45) is 0.0542. The van der Waals surface area contributed by atoms with E-state index in [9.17, 15) is 4.79 Å². The Hall–Kier alpha value is -1.50. The number of hydrogen-bond donors (Lipinski definition) is 2. The Morgan fingerprint density at radius 3 is 2.71 bits per heavy atom. The van der Waals surface area contributed by atoms with E-state index in [2.05, 4.69) is 17.1 Å². The Bertz CT molecular complexity index is 504. The number of thiocarbonyl (C=S) groups is 1.